The summed E-state index contributed by atoms with van der Waals surface area (Å²) in [6.45, 7) is 4.64. The third-order valence-electron chi connectivity index (χ3n) is 3.90. The first kappa shape index (κ1) is 16.7. The van der Waals surface area contributed by atoms with Crippen LogP contribution < -0.4 is 4.74 Å². The molecule has 7 nitrogen and oxygen atoms in total. The van der Waals surface area contributed by atoms with Crippen molar-refractivity contribution in [2.75, 3.05) is 13.2 Å². The summed E-state index contributed by atoms with van der Waals surface area (Å²) in [6.07, 6.45) is 1.74. The highest BCUT2D eigenvalue weighted by Gasteiger charge is 2.31. The van der Waals surface area contributed by atoms with Gasteiger partial charge in [-0.25, -0.2) is 0 Å². The van der Waals surface area contributed by atoms with E-state index in [1.54, 1.807) is 4.90 Å². The minimum absolute atomic E-state index is 0.0595. The fraction of sp³-hybridized carbons (Fsp3) is 0.500. The second-order valence-corrected chi connectivity index (χ2v) is 5.81. The molecule has 0 aromatic heterocycles. The van der Waals surface area contributed by atoms with Crippen molar-refractivity contribution in [1.29, 1.82) is 5.26 Å². The van der Waals surface area contributed by atoms with Gasteiger partial charge in [-0.1, -0.05) is 19.9 Å². The second kappa shape index (κ2) is 7.09. The molecule has 2 rings (SSSR count). The molecule has 1 unspecified atom stereocenters. The molecule has 0 saturated carbocycles. The van der Waals surface area contributed by atoms with Gasteiger partial charge < -0.3 is 9.64 Å². The Morgan fingerprint density at radius 3 is 2.91 bits per heavy atom. The van der Waals surface area contributed by atoms with E-state index in [0.717, 1.165) is 12.8 Å². The van der Waals surface area contributed by atoms with Gasteiger partial charge >= 0.3 is 0 Å². The highest BCUT2D eigenvalue weighted by molar-refractivity contribution is 5.78. The maximum atomic E-state index is 12.2. The van der Waals surface area contributed by atoms with Crippen molar-refractivity contribution in [3.05, 3.63) is 33.9 Å². The molecule has 0 N–H and O–H groups in total. The van der Waals surface area contributed by atoms with Gasteiger partial charge in [0.25, 0.3) is 5.69 Å². The Bertz CT molecular complexity index is 651. The van der Waals surface area contributed by atoms with Gasteiger partial charge in [0, 0.05) is 18.5 Å². The quantitative estimate of drug-likeness (QED) is 0.614. The van der Waals surface area contributed by atoms with Crippen molar-refractivity contribution in [2.45, 2.75) is 32.7 Å². The van der Waals surface area contributed by atoms with E-state index in [4.69, 9.17) is 10.00 Å². The first-order valence-electron chi connectivity index (χ1n) is 7.56. The predicted molar refractivity (Wildman–Crippen MR) is 82.9 cm³/mol. The normalized spacial score (nSPS) is 17.1. The lowest BCUT2D eigenvalue weighted by molar-refractivity contribution is -0.385. The second-order valence-electron chi connectivity index (χ2n) is 5.81. The number of likely N-dealkylation sites (tertiary alicyclic amines) is 1. The zero-order valence-electron chi connectivity index (χ0n) is 13.2. The van der Waals surface area contributed by atoms with E-state index in [-0.39, 0.29) is 41.5 Å². The topological polar surface area (TPSA) is 96.5 Å². The Morgan fingerprint density at radius 1 is 1.57 bits per heavy atom. The van der Waals surface area contributed by atoms with E-state index < -0.39 is 4.92 Å². The summed E-state index contributed by atoms with van der Waals surface area (Å²) in [6, 6.07) is 6.06. The summed E-state index contributed by atoms with van der Waals surface area (Å²) in [5.41, 5.74) is -0.358. The minimum Gasteiger partial charge on any atom is -0.490 e. The lowest BCUT2D eigenvalue weighted by Gasteiger charge is -2.26. The van der Waals surface area contributed by atoms with Crippen LogP contribution in [0.15, 0.2) is 18.2 Å². The number of hydrogen-bond donors (Lipinski definition) is 0. The highest BCUT2D eigenvalue weighted by atomic mass is 16.6. The number of nitro groups is 1. The number of carbonyl (C=O) groups is 1. The molecule has 1 aliphatic heterocycles. The molecule has 0 bridgehead atoms. The molecule has 23 heavy (non-hydrogen) atoms. The molecule has 1 fully saturated rings. The molecule has 7 heteroatoms. The molecule has 1 heterocycles. The van der Waals surface area contributed by atoms with Crippen LogP contribution >= 0.6 is 0 Å². The van der Waals surface area contributed by atoms with Crippen molar-refractivity contribution < 1.29 is 14.5 Å². The Morgan fingerprint density at radius 2 is 2.30 bits per heavy atom. The van der Waals surface area contributed by atoms with Gasteiger partial charge in [-0.05, 0) is 18.9 Å². The lowest BCUT2D eigenvalue weighted by atomic mass is 10.1. The van der Waals surface area contributed by atoms with Gasteiger partial charge in [0.1, 0.15) is 18.4 Å². The maximum absolute atomic E-state index is 12.2. The summed E-state index contributed by atoms with van der Waals surface area (Å²) < 4.78 is 5.64. The minimum atomic E-state index is -0.602. The van der Waals surface area contributed by atoms with Gasteiger partial charge in [-0.2, -0.15) is 5.26 Å². The molecule has 1 aliphatic rings. The van der Waals surface area contributed by atoms with Crippen LogP contribution in [-0.4, -0.2) is 34.9 Å². The molecule has 1 aromatic rings. The largest absolute Gasteiger partial charge is 0.490 e. The van der Waals surface area contributed by atoms with Crippen LogP contribution in [0.3, 0.4) is 0 Å². The fourth-order valence-corrected chi connectivity index (χ4v) is 2.72. The van der Waals surface area contributed by atoms with Crippen molar-refractivity contribution in [3.8, 4) is 11.8 Å². The molecule has 1 aromatic carbocycles. The third kappa shape index (κ3) is 3.59. The monoisotopic (exact) mass is 317 g/mol. The van der Waals surface area contributed by atoms with Gasteiger partial charge in [-0.3, -0.25) is 14.9 Å². The van der Waals surface area contributed by atoms with Crippen LogP contribution in [0.5, 0.6) is 5.75 Å². The smallest absolute Gasteiger partial charge is 0.290 e. The Hall–Kier alpha value is -2.62. The SMILES string of the molecule is CC(C)C(=O)N1CCCC1COc1cccc([N+](=O)[O-])c1C#N. The van der Waals surface area contributed by atoms with Crippen LogP contribution in [0.25, 0.3) is 0 Å². The Balaban J connectivity index is 2.12. The highest BCUT2D eigenvalue weighted by Crippen LogP contribution is 2.28. The number of ether oxygens (including phenoxy) is 1. The predicted octanol–water partition coefficient (Wildman–Crippen LogP) is 2.49. The first-order valence-corrected chi connectivity index (χ1v) is 7.56. The molecular weight excluding hydrogens is 298 g/mol. The van der Waals surface area contributed by atoms with Crippen molar-refractivity contribution in [1.82, 2.24) is 4.90 Å². The zero-order chi connectivity index (χ0) is 17.0. The van der Waals surface area contributed by atoms with Crippen LogP contribution in [0.4, 0.5) is 5.69 Å². The summed E-state index contributed by atoms with van der Waals surface area (Å²) in [5, 5.41) is 20.1. The van der Waals surface area contributed by atoms with E-state index in [9.17, 15) is 14.9 Å². The van der Waals surface area contributed by atoms with E-state index in [1.165, 1.54) is 18.2 Å². The van der Waals surface area contributed by atoms with Crippen LogP contribution in [0, 0.1) is 27.4 Å². The molecule has 1 saturated heterocycles. The average Bonchev–Trinajstić information content (AvgIpc) is 2.99. The number of amides is 1. The summed E-state index contributed by atoms with van der Waals surface area (Å²) in [5.74, 6) is 0.185. The molecule has 0 radical (unpaired) electrons. The molecule has 122 valence electrons. The van der Waals surface area contributed by atoms with Gasteiger partial charge in [-0.15, -0.1) is 0 Å². The standard InChI is InChI=1S/C16H19N3O4/c1-11(2)16(20)18-8-4-5-12(18)10-23-15-7-3-6-14(19(21)22)13(15)9-17/h3,6-7,11-12H,4-5,8,10H2,1-2H3. The Labute approximate surface area is 134 Å². The third-order valence-corrected chi connectivity index (χ3v) is 3.90. The molecule has 1 amide bonds. The molecule has 0 aliphatic carbocycles. The molecular formula is C16H19N3O4. The number of hydrogen-bond acceptors (Lipinski definition) is 5. The van der Waals surface area contributed by atoms with Crippen molar-refractivity contribution >= 4 is 11.6 Å². The first-order chi connectivity index (χ1) is 11.0. The molecule has 1 atom stereocenters. The molecule has 0 spiro atoms. The van der Waals surface area contributed by atoms with E-state index in [2.05, 4.69) is 0 Å². The number of carbonyl (C=O) groups excluding carboxylic acids is 1. The number of rotatable bonds is 5. The van der Waals surface area contributed by atoms with E-state index in [1.807, 2.05) is 19.9 Å². The van der Waals surface area contributed by atoms with Gasteiger partial charge in [0.05, 0.1) is 11.0 Å². The zero-order valence-corrected chi connectivity index (χ0v) is 13.2. The summed E-state index contributed by atoms with van der Waals surface area (Å²) in [7, 11) is 0. The maximum Gasteiger partial charge on any atom is 0.290 e. The number of benzene rings is 1. The number of nitrogens with zero attached hydrogens (tertiary/aromatic N) is 3. The number of nitriles is 1. The van der Waals surface area contributed by atoms with Crippen molar-refractivity contribution in [2.24, 2.45) is 5.92 Å². The van der Waals surface area contributed by atoms with Crippen LogP contribution in [0.1, 0.15) is 32.3 Å². The van der Waals surface area contributed by atoms with Crippen molar-refractivity contribution in [3.63, 3.8) is 0 Å². The van der Waals surface area contributed by atoms with E-state index in [0.29, 0.717) is 6.54 Å². The van der Waals surface area contributed by atoms with Gasteiger partial charge in [0.15, 0.2) is 5.56 Å². The van der Waals surface area contributed by atoms with Crippen LogP contribution in [-0.2, 0) is 4.79 Å². The van der Waals surface area contributed by atoms with Gasteiger partial charge in [0.2, 0.25) is 5.91 Å². The summed E-state index contributed by atoms with van der Waals surface area (Å²) in [4.78, 5) is 24.3. The number of nitro benzene ring substituents is 1. The summed E-state index contributed by atoms with van der Waals surface area (Å²) >= 11 is 0. The fourth-order valence-electron chi connectivity index (χ4n) is 2.72. The van der Waals surface area contributed by atoms with E-state index >= 15 is 0 Å². The lowest BCUT2D eigenvalue weighted by Crippen LogP contribution is -2.41. The Kier molecular flexibility index (Phi) is 5.16. The van der Waals surface area contributed by atoms with Crippen LogP contribution in [0.2, 0.25) is 0 Å². The average molecular weight is 317 g/mol.